The van der Waals surface area contributed by atoms with Crippen LogP contribution in [0.5, 0.6) is 0 Å². The summed E-state index contributed by atoms with van der Waals surface area (Å²) in [5.74, 6) is 6.38. The first-order valence-electron chi connectivity index (χ1n) is 7.18. The van der Waals surface area contributed by atoms with Crippen molar-refractivity contribution in [2.75, 3.05) is 0 Å². The van der Waals surface area contributed by atoms with E-state index in [1.54, 1.807) is 0 Å². The summed E-state index contributed by atoms with van der Waals surface area (Å²) < 4.78 is 4.10. The topological polar surface area (TPSA) is 63.8 Å². The van der Waals surface area contributed by atoms with Crippen LogP contribution in [-0.2, 0) is 12.8 Å². The van der Waals surface area contributed by atoms with Crippen LogP contribution in [-0.4, -0.2) is 9.59 Å². The van der Waals surface area contributed by atoms with E-state index >= 15 is 0 Å². The second-order valence-corrected chi connectivity index (χ2v) is 6.17. The molecule has 1 aromatic heterocycles. The van der Waals surface area contributed by atoms with Crippen molar-refractivity contribution in [2.24, 2.45) is 5.84 Å². The first-order chi connectivity index (χ1) is 9.83. The molecule has 0 amide bonds. The Kier molecular flexibility index (Phi) is 4.10. The van der Waals surface area contributed by atoms with Gasteiger partial charge in [0.05, 0.1) is 16.6 Å². The van der Waals surface area contributed by atoms with Gasteiger partial charge in [0, 0.05) is 0 Å². The number of nitrogens with zero attached hydrogens (tertiary/aromatic N) is 2. The molecule has 0 spiro atoms. The van der Waals surface area contributed by atoms with E-state index in [9.17, 15) is 0 Å². The lowest BCUT2D eigenvalue weighted by molar-refractivity contribution is 0.437. The lowest BCUT2D eigenvalue weighted by Gasteiger charge is -2.32. The molecule has 0 saturated heterocycles. The summed E-state index contributed by atoms with van der Waals surface area (Å²) in [5, 5.41) is 4.24. The molecular weight excluding hydrogens is 268 g/mol. The van der Waals surface area contributed by atoms with Crippen LogP contribution in [0.4, 0.5) is 0 Å². The van der Waals surface area contributed by atoms with E-state index in [1.807, 2.05) is 0 Å². The summed E-state index contributed by atoms with van der Waals surface area (Å²) in [6, 6.07) is 8.84. The highest BCUT2D eigenvalue weighted by molar-refractivity contribution is 7.05. The van der Waals surface area contributed by atoms with Crippen molar-refractivity contribution in [3.63, 3.8) is 0 Å². The van der Waals surface area contributed by atoms with Gasteiger partial charge < -0.3 is 0 Å². The molecule has 2 unspecified atom stereocenters. The maximum Gasteiger partial charge on any atom is 0.0804 e. The number of nitrogens with two attached hydrogens (primary N) is 1. The van der Waals surface area contributed by atoms with Crippen molar-refractivity contribution in [1.82, 2.24) is 15.0 Å². The van der Waals surface area contributed by atoms with E-state index in [0.717, 1.165) is 31.4 Å². The number of hydrogen-bond donors (Lipinski definition) is 2. The van der Waals surface area contributed by atoms with Crippen LogP contribution in [0.2, 0.25) is 0 Å². The summed E-state index contributed by atoms with van der Waals surface area (Å²) >= 11 is 1.48. The van der Waals surface area contributed by atoms with Gasteiger partial charge in [0.15, 0.2) is 0 Å². The lowest BCUT2D eigenvalue weighted by atomic mass is 9.74. The van der Waals surface area contributed by atoms with E-state index in [1.165, 1.54) is 27.5 Å². The van der Waals surface area contributed by atoms with Gasteiger partial charge in [-0.25, -0.2) is 0 Å². The summed E-state index contributed by atoms with van der Waals surface area (Å²) in [6.45, 7) is 2.16. The molecule has 2 aromatic rings. The third-order valence-electron chi connectivity index (χ3n) is 4.07. The van der Waals surface area contributed by atoms with Crippen LogP contribution in [0.15, 0.2) is 24.3 Å². The minimum absolute atomic E-state index is 0.162. The Balaban J connectivity index is 1.74. The Hall–Kier alpha value is -1.30. The maximum absolute atomic E-state index is 5.78. The minimum atomic E-state index is 0.162. The number of benzene rings is 1. The lowest BCUT2D eigenvalue weighted by Crippen LogP contribution is -2.31. The van der Waals surface area contributed by atoms with Crippen LogP contribution in [0.25, 0.3) is 0 Å². The van der Waals surface area contributed by atoms with Crippen molar-refractivity contribution in [2.45, 2.75) is 44.6 Å². The first-order valence-corrected chi connectivity index (χ1v) is 7.95. The van der Waals surface area contributed by atoms with Gasteiger partial charge in [0.2, 0.25) is 0 Å². The van der Waals surface area contributed by atoms with E-state index < -0.39 is 0 Å². The molecule has 0 saturated carbocycles. The molecule has 1 aromatic carbocycles. The molecule has 0 aliphatic heterocycles. The number of hydrazine groups is 1. The number of nitrogens with one attached hydrogen (secondary N) is 1. The Morgan fingerprint density at radius 1 is 1.45 bits per heavy atom. The van der Waals surface area contributed by atoms with Crippen molar-refractivity contribution >= 4 is 11.5 Å². The summed E-state index contributed by atoms with van der Waals surface area (Å²) in [4.78, 5) is 1.21. The second-order valence-electron chi connectivity index (χ2n) is 5.39. The van der Waals surface area contributed by atoms with Crippen molar-refractivity contribution in [3.8, 4) is 0 Å². The fourth-order valence-corrected chi connectivity index (χ4v) is 3.77. The molecule has 0 fully saturated rings. The molecule has 20 heavy (non-hydrogen) atoms. The minimum Gasteiger partial charge on any atom is -0.271 e. The Bertz CT molecular complexity index is 581. The van der Waals surface area contributed by atoms with Crippen LogP contribution in [0.3, 0.4) is 0 Å². The highest BCUT2D eigenvalue weighted by Gasteiger charge is 2.30. The molecule has 1 aliphatic rings. The molecule has 3 N–H and O–H groups in total. The summed E-state index contributed by atoms with van der Waals surface area (Å²) in [7, 11) is 0. The molecule has 5 heteroatoms. The predicted molar refractivity (Wildman–Crippen MR) is 81.5 cm³/mol. The highest BCUT2D eigenvalue weighted by Crippen LogP contribution is 2.41. The summed E-state index contributed by atoms with van der Waals surface area (Å²) in [5.41, 5.74) is 7.02. The zero-order valence-electron chi connectivity index (χ0n) is 11.7. The van der Waals surface area contributed by atoms with Crippen LogP contribution < -0.4 is 11.3 Å². The normalized spacial score (nSPS) is 18.4. The number of rotatable bonds is 6. The van der Waals surface area contributed by atoms with Crippen molar-refractivity contribution < 1.29 is 0 Å². The predicted octanol–water partition coefficient (Wildman–Crippen LogP) is 2.72. The van der Waals surface area contributed by atoms with Crippen molar-refractivity contribution in [3.05, 3.63) is 46.0 Å². The smallest absolute Gasteiger partial charge is 0.0804 e. The molecule has 2 atom stereocenters. The van der Waals surface area contributed by atoms with Crippen LogP contribution in [0.1, 0.15) is 53.4 Å². The molecule has 1 heterocycles. The zero-order chi connectivity index (χ0) is 13.9. The number of fused-ring (bicyclic) bond motifs is 1. The van der Waals surface area contributed by atoms with E-state index in [2.05, 4.69) is 46.2 Å². The third kappa shape index (κ3) is 2.49. The van der Waals surface area contributed by atoms with Gasteiger partial charge in [-0.15, -0.1) is 5.10 Å². The molecule has 3 rings (SSSR count). The average Bonchev–Trinajstić information content (AvgIpc) is 2.89. The SMILES string of the molecule is CCCc1nnsc1C(CC1Cc2ccccc21)NN. The molecule has 0 bridgehead atoms. The van der Waals surface area contributed by atoms with Crippen LogP contribution >= 0.6 is 11.5 Å². The van der Waals surface area contributed by atoms with Crippen LogP contribution in [0, 0.1) is 0 Å². The fourth-order valence-electron chi connectivity index (χ4n) is 3.00. The zero-order valence-corrected chi connectivity index (χ0v) is 12.5. The number of aromatic nitrogens is 2. The third-order valence-corrected chi connectivity index (χ3v) is 4.95. The van der Waals surface area contributed by atoms with Crippen molar-refractivity contribution in [1.29, 1.82) is 0 Å². The fraction of sp³-hybridized carbons (Fsp3) is 0.467. The second kappa shape index (κ2) is 5.99. The standard InChI is InChI=1S/C15H20N4S/c1-2-5-13-15(20-19-18-13)14(17-16)9-11-8-10-6-3-4-7-12(10)11/h3-4,6-7,11,14,17H,2,5,8-9,16H2,1H3. The van der Waals surface area contributed by atoms with E-state index in [0.29, 0.717) is 5.92 Å². The molecule has 4 nitrogen and oxygen atoms in total. The van der Waals surface area contributed by atoms with Gasteiger partial charge in [0.1, 0.15) is 0 Å². The largest absolute Gasteiger partial charge is 0.271 e. The average molecular weight is 288 g/mol. The van der Waals surface area contributed by atoms with Gasteiger partial charge in [-0.2, -0.15) is 0 Å². The van der Waals surface area contributed by atoms with Gasteiger partial charge in [0.25, 0.3) is 0 Å². The Morgan fingerprint density at radius 2 is 2.30 bits per heavy atom. The van der Waals surface area contributed by atoms with Gasteiger partial charge in [-0.05, 0) is 47.8 Å². The molecule has 0 radical (unpaired) electrons. The monoisotopic (exact) mass is 288 g/mol. The van der Waals surface area contributed by atoms with Gasteiger partial charge in [-0.3, -0.25) is 11.3 Å². The Morgan fingerprint density at radius 3 is 3.05 bits per heavy atom. The first kappa shape index (κ1) is 13.7. The van der Waals surface area contributed by atoms with Gasteiger partial charge >= 0.3 is 0 Å². The highest BCUT2D eigenvalue weighted by atomic mass is 32.1. The van der Waals surface area contributed by atoms with E-state index in [4.69, 9.17) is 5.84 Å². The maximum atomic E-state index is 5.78. The Labute approximate surface area is 123 Å². The van der Waals surface area contributed by atoms with Gasteiger partial charge in [-0.1, -0.05) is 42.1 Å². The van der Waals surface area contributed by atoms with E-state index in [-0.39, 0.29) is 6.04 Å². The molecule has 106 valence electrons. The number of hydrogen-bond acceptors (Lipinski definition) is 5. The summed E-state index contributed by atoms with van der Waals surface area (Å²) in [6.07, 6.45) is 4.24. The molecular formula is C15H20N4S. The quantitative estimate of drug-likeness (QED) is 0.633. The number of aryl methyl sites for hydroxylation is 1. The molecule has 1 aliphatic carbocycles.